The molecule has 0 saturated heterocycles. The monoisotopic (exact) mass is 433 g/mol. The van der Waals surface area contributed by atoms with Crippen molar-refractivity contribution in [3.05, 3.63) is 80.9 Å². The minimum absolute atomic E-state index is 0.0577. The van der Waals surface area contributed by atoms with Crippen LogP contribution in [-0.2, 0) is 22.6 Å². The van der Waals surface area contributed by atoms with Gasteiger partial charge in [0.1, 0.15) is 17.3 Å². The fourth-order valence-corrected chi connectivity index (χ4v) is 4.24. The molecule has 0 atom stereocenters. The maximum absolute atomic E-state index is 12.5. The van der Waals surface area contributed by atoms with Gasteiger partial charge in [-0.3, -0.25) is 4.79 Å². The van der Waals surface area contributed by atoms with Gasteiger partial charge in [0.2, 0.25) is 5.91 Å². The number of aromatic nitrogens is 2. The molecule has 2 heterocycles. The lowest BCUT2D eigenvalue weighted by Crippen LogP contribution is -2.15. The topological polar surface area (TPSA) is 84.1 Å². The summed E-state index contributed by atoms with van der Waals surface area (Å²) >= 11 is 1.38. The van der Waals surface area contributed by atoms with Crippen LogP contribution in [0, 0.1) is 20.8 Å². The Hall–Kier alpha value is -3.45. The van der Waals surface area contributed by atoms with Gasteiger partial charge in [-0.2, -0.15) is 0 Å². The van der Waals surface area contributed by atoms with E-state index in [0.29, 0.717) is 16.4 Å². The quantitative estimate of drug-likeness (QED) is 0.415. The number of thiazole rings is 1. The van der Waals surface area contributed by atoms with Crippen molar-refractivity contribution in [2.24, 2.45) is 0 Å². The summed E-state index contributed by atoms with van der Waals surface area (Å²) in [4.78, 5) is 32.3. The lowest BCUT2D eigenvalue weighted by atomic mass is 10.1. The molecule has 0 unspecified atom stereocenters. The van der Waals surface area contributed by atoms with Crippen LogP contribution < -0.4 is 5.32 Å². The standard InChI is InChI=1S/C24H23N3O3S/c1-14-8-16(3)18-10-21(26-20(18)9-14)24(29)30-12-17-13-31-23(25-17)11-22(28)27-19-7-5-4-6-15(19)2/h4-10,13,26H,11-12H2,1-3H3,(H,27,28). The predicted octanol–water partition coefficient (Wildman–Crippen LogP) is 5.09. The number of anilines is 1. The van der Waals surface area contributed by atoms with Gasteiger partial charge in [0.25, 0.3) is 0 Å². The molecule has 0 aliphatic heterocycles. The highest BCUT2D eigenvalue weighted by Crippen LogP contribution is 2.22. The maximum atomic E-state index is 12.5. The van der Waals surface area contributed by atoms with Crippen LogP contribution in [0.5, 0.6) is 0 Å². The first-order valence-corrected chi connectivity index (χ1v) is 10.8. The van der Waals surface area contributed by atoms with Crippen molar-refractivity contribution in [3.63, 3.8) is 0 Å². The maximum Gasteiger partial charge on any atom is 0.355 e. The van der Waals surface area contributed by atoms with E-state index in [4.69, 9.17) is 4.74 Å². The van der Waals surface area contributed by atoms with E-state index in [1.165, 1.54) is 11.3 Å². The van der Waals surface area contributed by atoms with E-state index >= 15 is 0 Å². The number of esters is 1. The SMILES string of the molecule is Cc1cc(C)c2cc(C(=O)OCc3csc(CC(=O)Nc4ccccc4C)n3)[nH]c2c1. The number of nitrogens with one attached hydrogen (secondary N) is 2. The number of hydrogen-bond donors (Lipinski definition) is 2. The van der Waals surface area contributed by atoms with Gasteiger partial charge >= 0.3 is 5.97 Å². The number of H-pyrrole nitrogens is 1. The number of fused-ring (bicyclic) bond motifs is 1. The molecule has 6 nitrogen and oxygen atoms in total. The second-order valence-electron chi connectivity index (χ2n) is 7.57. The van der Waals surface area contributed by atoms with Crippen LogP contribution in [0.4, 0.5) is 5.69 Å². The van der Waals surface area contributed by atoms with Crippen LogP contribution >= 0.6 is 11.3 Å². The summed E-state index contributed by atoms with van der Waals surface area (Å²) in [6.07, 6.45) is 0.174. The Morgan fingerprint density at radius 3 is 2.71 bits per heavy atom. The Morgan fingerprint density at radius 1 is 1.10 bits per heavy atom. The molecule has 2 aromatic heterocycles. The van der Waals surface area contributed by atoms with Crippen LogP contribution in [0.15, 0.2) is 47.8 Å². The third-order valence-corrected chi connectivity index (χ3v) is 5.89. The molecule has 31 heavy (non-hydrogen) atoms. The molecule has 0 bridgehead atoms. The van der Waals surface area contributed by atoms with Gasteiger partial charge in [-0.1, -0.05) is 24.3 Å². The zero-order valence-corrected chi connectivity index (χ0v) is 18.4. The van der Waals surface area contributed by atoms with E-state index in [1.807, 2.05) is 62.5 Å². The smallest absolute Gasteiger partial charge is 0.355 e. The van der Waals surface area contributed by atoms with Gasteiger partial charge in [-0.15, -0.1) is 11.3 Å². The molecular formula is C24H23N3O3S. The number of ether oxygens (including phenoxy) is 1. The molecule has 2 aromatic carbocycles. The van der Waals surface area contributed by atoms with E-state index in [9.17, 15) is 9.59 Å². The molecule has 158 valence electrons. The van der Waals surface area contributed by atoms with Gasteiger partial charge < -0.3 is 15.0 Å². The highest BCUT2D eigenvalue weighted by atomic mass is 32.1. The minimum atomic E-state index is -0.430. The fraction of sp³-hybridized carbons (Fsp3) is 0.208. The summed E-state index contributed by atoms with van der Waals surface area (Å²) in [6, 6.07) is 13.5. The number of aryl methyl sites for hydroxylation is 3. The number of hydrogen-bond acceptors (Lipinski definition) is 5. The number of rotatable bonds is 6. The lowest BCUT2D eigenvalue weighted by Gasteiger charge is -2.06. The van der Waals surface area contributed by atoms with E-state index in [2.05, 4.69) is 21.4 Å². The lowest BCUT2D eigenvalue weighted by molar-refractivity contribution is -0.115. The number of carbonyl (C=O) groups excluding carboxylic acids is 2. The molecule has 2 N–H and O–H groups in total. The molecule has 0 aliphatic rings. The first kappa shape index (κ1) is 20.8. The van der Waals surface area contributed by atoms with Gasteiger partial charge in [-0.05, 0) is 55.7 Å². The average Bonchev–Trinajstić information content (AvgIpc) is 3.35. The molecule has 0 aliphatic carbocycles. The Labute approximate surface area is 184 Å². The van der Waals surface area contributed by atoms with E-state index in [-0.39, 0.29) is 18.9 Å². The van der Waals surface area contributed by atoms with Crippen LogP contribution in [0.2, 0.25) is 0 Å². The highest BCUT2D eigenvalue weighted by Gasteiger charge is 2.14. The molecule has 4 rings (SSSR count). The number of nitrogens with zero attached hydrogens (tertiary/aromatic N) is 1. The summed E-state index contributed by atoms with van der Waals surface area (Å²) < 4.78 is 5.42. The summed E-state index contributed by atoms with van der Waals surface area (Å²) in [7, 11) is 0. The third-order valence-electron chi connectivity index (χ3n) is 4.99. The minimum Gasteiger partial charge on any atom is -0.454 e. The molecule has 0 fully saturated rings. The van der Waals surface area contributed by atoms with Gasteiger partial charge in [0.05, 0.1) is 12.1 Å². The predicted molar refractivity (Wildman–Crippen MR) is 123 cm³/mol. The number of carbonyl (C=O) groups is 2. The fourth-order valence-electron chi connectivity index (χ4n) is 3.47. The summed E-state index contributed by atoms with van der Waals surface area (Å²) in [5.41, 5.74) is 6.00. The first-order chi connectivity index (χ1) is 14.9. The largest absolute Gasteiger partial charge is 0.454 e. The molecule has 0 radical (unpaired) electrons. The zero-order chi connectivity index (χ0) is 22.0. The van der Waals surface area contributed by atoms with Crippen molar-refractivity contribution >= 4 is 39.8 Å². The molecule has 7 heteroatoms. The van der Waals surface area contributed by atoms with Crippen molar-refractivity contribution in [1.29, 1.82) is 0 Å². The summed E-state index contributed by atoms with van der Waals surface area (Å²) in [5.74, 6) is -0.559. The molecule has 1 amide bonds. The van der Waals surface area contributed by atoms with Crippen molar-refractivity contribution in [2.45, 2.75) is 33.8 Å². The van der Waals surface area contributed by atoms with Crippen molar-refractivity contribution in [2.75, 3.05) is 5.32 Å². The Morgan fingerprint density at radius 2 is 1.90 bits per heavy atom. The molecule has 4 aromatic rings. The average molecular weight is 434 g/mol. The Balaban J connectivity index is 1.35. The third kappa shape index (κ3) is 4.83. The second kappa shape index (κ2) is 8.73. The summed E-state index contributed by atoms with van der Waals surface area (Å²) in [5, 5.41) is 6.39. The van der Waals surface area contributed by atoms with Crippen LogP contribution in [-0.4, -0.2) is 21.8 Å². The van der Waals surface area contributed by atoms with Gasteiger partial charge in [0, 0.05) is 22.0 Å². The van der Waals surface area contributed by atoms with Crippen LogP contribution in [0.25, 0.3) is 10.9 Å². The number of aromatic amines is 1. The van der Waals surface area contributed by atoms with Gasteiger partial charge in [-0.25, -0.2) is 9.78 Å². The number of amides is 1. The normalized spacial score (nSPS) is 10.9. The zero-order valence-electron chi connectivity index (χ0n) is 17.6. The Bertz CT molecular complexity index is 1270. The van der Waals surface area contributed by atoms with Crippen molar-refractivity contribution in [1.82, 2.24) is 9.97 Å². The van der Waals surface area contributed by atoms with Crippen molar-refractivity contribution in [3.8, 4) is 0 Å². The van der Waals surface area contributed by atoms with E-state index in [1.54, 1.807) is 0 Å². The highest BCUT2D eigenvalue weighted by molar-refractivity contribution is 7.09. The molecule has 0 saturated carbocycles. The molecular weight excluding hydrogens is 410 g/mol. The van der Waals surface area contributed by atoms with Gasteiger partial charge in [0.15, 0.2) is 0 Å². The summed E-state index contributed by atoms with van der Waals surface area (Å²) in [6.45, 7) is 6.04. The Kier molecular flexibility index (Phi) is 5.86. The first-order valence-electron chi connectivity index (χ1n) is 9.95. The number of para-hydroxylation sites is 1. The van der Waals surface area contributed by atoms with Crippen LogP contribution in [0.1, 0.15) is 37.9 Å². The molecule has 0 spiro atoms. The van der Waals surface area contributed by atoms with E-state index in [0.717, 1.165) is 33.3 Å². The van der Waals surface area contributed by atoms with Crippen LogP contribution in [0.3, 0.4) is 0 Å². The second-order valence-corrected chi connectivity index (χ2v) is 8.52. The van der Waals surface area contributed by atoms with Crippen molar-refractivity contribution < 1.29 is 14.3 Å². The number of benzene rings is 2. The van der Waals surface area contributed by atoms with E-state index < -0.39 is 5.97 Å².